The number of hydrogen-bond donors (Lipinski definition) is 0. The van der Waals surface area contributed by atoms with Crippen LogP contribution in [-0.4, -0.2) is 29.8 Å². The van der Waals surface area contributed by atoms with Crippen LogP contribution >= 0.6 is 0 Å². The molecular weight excluding hydrogens is 307 g/mol. The normalized spacial score (nSPS) is 15.1. The molecule has 5 heteroatoms. The number of rotatable bonds is 4. The lowest BCUT2D eigenvalue weighted by Gasteiger charge is -2.34. The summed E-state index contributed by atoms with van der Waals surface area (Å²) in [6.45, 7) is 2.92. The molecule has 0 radical (unpaired) electrons. The van der Waals surface area contributed by atoms with Crippen LogP contribution in [0.15, 0.2) is 48.5 Å². The third kappa shape index (κ3) is 3.02. The highest BCUT2D eigenvalue weighted by molar-refractivity contribution is 6.41. The monoisotopic (exact) mass is 326 g/mol. The summed E-state index contributed by atoms with van der Waals surface area (Å²) in [4.78, 5) is 27.9. The van der Waals surface area contributed by atoms with Gasteiger partial charge in [0.05, 0.1) is 0 Å². The first-order valence-corrected chi connectivity index (χ1v) is 8.04. The van der Waals surface area contributed by atoms with Crippen LogP contribution in [0.25, 0.3) is 0 Å². The van der Waals surface area contributed by atoms with Crippen molar-refractivity contribution in [3.05, 3.63) is 65.5 Å². The van der Waals surface area contributed by atoms with Crippen LogP contribution in [0.2, 0.25) is 0 Å². The molecule has 1 aliphatic heterocycles. The Bertz CT molecular complexity index is 775. The molecule has 0 atom stereocenters. The summed E-state index contributed by atoms with van der Waals surface area (Å²) in [5, 5.41) is 0. The van der Waals surface area contributed by atoms with Gasteiger partial charge in [0.15, 0.2) is 0 Å². The predicted molar refractivity (Wildman–Crippen MR) is 90.0 cm³/mol. The first-order chi connectivity index (χ1) is 11.6. The van der Waals surface area contributed by atoms with Gasteiger partial charge < -0.3 is 9.80 Å². The number of carbonyl (C=O) groups excluding carboxylic acids is 2. The second-order valence-electron chi connectivity index (χ2n) is 5.76. The number of nitrogens with zero attached hydrogens (tertiary/aromatic N) is 2. The molecule has 0 aliphatic carbocycles. The lowest BCUT2D eigenvalue weighted by atomic mass is 10.1. The number of aryl methyl sites for hydroxylation is 1. The molecule has 2 aromatic rings. The topological polar surface area (TPSA) is 40.6 Å². The van der Waals surface area contributed by atoms with E-state index >= 15 is 0 Å². The van der Waals surface area contributed by atoms with Gasteiger partial charge in [0, 0.05) is 30.9 Å². The fourth-order valence-electron chi connectivity index (χ4n) is 2.96. The predicted octanol–water partition coefficient (Wildman–Crippen LogP) is 2.76. The SMILES string of the molecule is CCc1ccccc1N1CCN(Cc2ccccc2F)C(=O)C1=O. The van der Waals surface area contributed by atoms with Crippen LogP contribution in [0.4, 0.5) is 10.1 Å². The van der Waals surface area contributed by atoms with Gasteiger partial charge in [-0.2, -0.15) is 0 Å². The van der Waals surface area contributed by atoms with Crippen molar-refractivity contribution in [2.45, 2.75) is 19.9 Å². The van der Waals surface area contributed by atoms with Gasteiger partial charge >= 0.3 is 11.8 Å². The van der Waals surface area contributed by atoms with Gasteiger partial charge in [-0.05, 0) is 24.1 Å². The average Bonchev–Trinajstić information content (AvgIpc) is 2.61. The highest BCUT2D eigenvalue weighted by atomic mass is 19.1. The molecule has 24 heavy (non-hydrogen) atoms. The van der Waals surface area contributed by atoms with Crippen LogP contribution in [0.5, 0.6) is 0 Å². The standard InChI is InChI=1S/C19H19FN2O2/c1-2-14-7-4-6-10-17(14)22-12-11-21(18(23)19(22)24)13-15-8-3-5-9-16(15)20/h3-10H,2,11-13H2,1H3. The van der Waals surface area contributed by atoms with Crippen LogP contribution in [0.3, 0.4) is 0 Å². The minimum atomic E-state index is -0.588. The Morgan fingerprint density at radius 1 is 0.917 bits per heavy atom. The molecular formula is C19H19FN2O2. The van der Waals surface area contributed by atoms with E-state index in [0.717, 1.165) is 17.7 Å². The van der Waals surface area contributed by atoms with Crippen molar-refractivity contribution in [1.82, 2.24) is 4.90 Å². The van der Waals surface area contributed by atoms with Crippen LogP contribution in [-0.2, 0) is 22.6 Å². The lowest BCUT2D eigenvalue weighted by molar-refractivity contribution is -0.146. The molecule has 1 aliphatic rings. The summed E-state index contributed by atoms with van der Waals surface area (Å²) < 4.78 is 13.8. The van der Waals surface area contributed by atoms with Crippen molar-refractivity contribution >= 4 is 17.5 Å². The highest BCUT2D eigenvalue weighted by Gasteiger charge is 2.34. The van der Waals surface area contributed by atoms with E-state index in [9.17, 15) is 14.0 Å². The smallest absolute Gasteiger partial charge is 0.316 e. The molecule has 1 fully saturated rings. The number of anilines is 1. The fraction of sp³-hybridized carbons (Fsp3) is 0.263. The molecule has 0 bridgehead atoms. The van der Waals surface area contributed by atoms with E-state index in [4.69, 9.17) is 0 Å². The van der Waals surface area contributed by atoms with Crippen molar-refractivity contribution in [3.8, 4) is 0 Å². The van der Waals surface area contributed by atoms with E-state index in [2.05, 4.69) is 0 Å². The van der Waals surface area contributed by atoms with Gasteiger partial charge in [-0.25, -0.2) is 4.39 Å². The molecule has 0 aromatic heterocycles. The van der Waals surface area contributed by atoms with E-state index in [1.165, 1.54) is 15.9 Å². The Balaban J connectivity index is 1.79. The molecule has 2 aromatic carbocycles. The van der Waals surface area contributed by atoms with Gasteiger partial charge in [-0.15, -0.1) is 0 Å². The number of amides is 2. The first kappa shape index (κ1) is 16.2. The van der Waals surface area contributed by atoms with Crippen molar-refractivity contribution in [3.63, 3.8) is 0 Å². The number of carbonyl (C=O) groups is 2. The maximum Gasteiger partial charge on any atom is 0.316 e. The molecule has 1 saturated heterocycles. The number of benzene rings is 2. The Kier molecular flexibility index (Phi) is 4.60. The Morgan fingerprint density at radius 3 is 2.29 bits per heavy atom. The van der Waals surface area contributed by atoms with Gasteiger partial charge in [-0.3, -0.25) is 9.59 Å². The van der Waals surface area contributed by atoms with Crippen LogP contribution in [0, 0.1) is 5.82 Å². The van der Waals surface area contributed by atoms with E-state index in [-0.39, 0.29) is 12.4 Å². The Labute approximate surface area is 140 Å². The largest absolute Gasteiger partial charge is 0.328 e. The molecule has 0 spiro atoms. The quantitative estimate of drug-likeness (QED) is 0.811. The van der Waals surface area contributed by atoms with Gasteiger partial charge in [0.25, 0.3) is 0 Å². The van der Waals surface area contributed by atoms with E-state index in [1.54, 1.807) is 18.2 Å². The summed E-state index contributed by atoms with van der Waals surface area (Å²) in [7, 11) is 0. The summed E-state index contributed by atoms with van der Waals surface area (Å²) in [6.07, 6.45) is 0.785. The number of para-hydroxylation sites is 1. The van der Waals surface area contributed by atoms with Gasteiger partial charge in [0.1, 0.15) is 5.82 Å². The molecule has 124 valence electrons. The number of halogens is 1. The molecule has 0 unspecified atom stereocenters. The van der Waals surface area contributed by atoms with Crippen LogP contribution < -0.4 is 4.90 Å². The molecule has 2 amide bonds. The minimum absolute atomic E-state index is 0.112. The number of piperazine rings is 1. The number of hydrogen-bond acceptors (Lipinski definition) is 2. The molecule has 0 N–H and O–H groups in total. The van der Waals surface area contributed by atoms with Crippen LogP contribution in [0.1, 0.15) is 18.1 Å². The third-order valence-corrected chi connectivity index (χ3v) is 4.29. The molecule has 1 heterocycles. The van der Waals surface area contributed by atoms with E-state index in [0.29, 0.717) is 18.7 Å². The average molecular weight is 326 g/mol. The fourth-order valence-corrected chi connectivity index (χ4v) is 2.96. The van der Waals surface area contributed by atoms with E-state index < -0.39 is 11.8 Å². The lowest BCUT2D eigenvalue weighted by Crippen LogP contribution is -2.54. The summed E-state index contributed by atoms with van der Waals surface area (Å²) in [6, 6.07) is 13.9. The Hall–Kier alpha value is -2.69. The maximum atomic E-state index is 13.8. The third-order valence-electron chi connectivity index (χ3n) is 4.29. The Morgan fingerprint density at radius 2 is 1.58 bits per heavy atom. The second kappa shape index (κ2) is 6.83. The molecule has 0 saturated carbocycles. The van der Waals surface area contributed by atoms with Gasteiger partial charge in [0.2, 0.25) is 0 Å². The zero-order chi connectivity index (χ0) is 17.1. The maximum absolute atomic E-state index is 13.8. The zero-order valence-corrected chi connectivity index (χ0v) is 13.5. The molecule has 4 nitrogen and oxygen atoms in total. The second-order valence-corrected chi connectivity index (χ2v) is 5.76. The zero-order valence-electron chi connectivity index (χ0n) is 13.5. The summed E-state index contributed by atoms with van der Waals surface area (Å²) in [5.74, 6) is -1.51. The highest BCUT2D eigenvalue weighted by Crippen LogP contribution is 2.24. The minimum Gasteiger partial charge on any atom is -0.328 e. The summed E-state index contributed by atoms with van der Waals surface area (Å²) in [5.41, 5.74) is 2.23. The van der Waals surface area contributed by atoms with E-state index in [1.807, 2.05) is 31.2 Å². The first-order valence-electron chi connectivity index (χ1n) is 8.04. The van der Waals surface area contributed by atoms with Crippen molar-refractivity contribution in [1.29, 1.82) is 0 Å². The van der Waals surface area contributed by atoms with Crippen molar-refractivity contribution in [2.24, 2.45) is 0 Å². The molecule has 3 rings (SSSR count). The van der Waals surface area contributed by atoms with Crippen molar-refractivity contribution < 1.29 is 14.0 Å². The van der Waals surface area contributed by atoms with Crippen molar-refractivity contribution in [2.75, 3.05) is 18.0 Å². The summed E-state index contributed by atoms with van der Waals surface area (Å²) >= 11 is 0. The van der Waals surface area contributed by atoms with Gasteiger partial charge in [-0.1, -0.05) is 43.3 Å².